The quantitative estimate of drug-likeness (QED) is 0.805. The maximum absolute atomic E-state index is 13.3. The van der Waals surface area contributed by atoms with Crippen LogP contribution in [0, 0.1) is 5.82 Å². The van der Waals surface area contributed by atoms with Crippen LogP contribution in [0.15, 0.2) is 35.1 Å². The molecule has 7 heteroatoms. The lowest BCUT2D eigenvalue weighted by molar-refractivity contribution is -0.123. The molecule has 0 aliphatic heterocycles. The molecule has 0 aliphatic rings. The summed E-state index contributed by atoms with van der Waals surface area (Å²) in [7, 11) is 3.54. The lowest BCUT2D eigenvalue weighted by atomic mass is 10.1. The van der Waals surface area contributed by atoms with E-state index in [2.05, 4.69) is 31.7 Å². The number of amides is 1. The van der Waals surface area contributed by atoms with Crippen molar-refractivity contribution < 1.29 is 9.18 Å². The molecule has 1 heterocycles. The fraction of sp³-hybridized carbons (Fsp3) is 0.375. The molecule has 1 aromatic heterocycles. The fourth-order valence-corrected chi connectivity index (χ4v) is 2.86. The molecular weight excluding hydrogens is 363 g/mol. The van der Waals surface area contributed by atoms with Gasteiger partial charge in [-0.3, -0.25) is 9.48 Å². The number of nitrogens with zero attached hydrogens (tertiary/aromatic N) is 2. The number of halogens is 2. The van der Waals surface area contributed by atoms with Gasteiger partial charge in [-0.1, -0.05) is 6.07 Å². The van der Waals surface area contributed by atoms with Gasteiger partial charge < -0.3 is 10.6 Å². The largest absolute Gasteiger partial charge is 0.352 e. The lowest BCUT2D eigenvalue weighted by Crippen LogP contribution is -2.41. The molecule has 0 radical (unpaired) electrons. The van der Waals surface area contributed by atoms with Crippen LogP contribution in [0.1, 0.15) is 24.1 Å². The monoisotopic (exact) mass is 382 g/mol. The van der Waals surface area contributed by atoms with Gasteiger partial charge in [-0.2, -0.15) is 5.10 Å². The van der Waals surface area contributed by atoms with Gasteiger partial charge in [0.25, 0.3) is 0 Å². The first-order valence-electron chi connectivity index (χ1n) is 7.30. The number of hydrogen-bond acceptors (Lipinski definition) is 3. The van der Waals surface area contributed by atoms with Gasteiger partial charge in [0, 0.05) is 24.8 Å². The summed E-state index contributed by atoms with van der Waals surface area (Å²) in [4.78, 5) is 12.4. The Hall–Kier alpha value is -1.73. The first-order valence-corrected chi connectivity index (χ1v) is 8.10. The zero-order valence-corrected chi connectivity index (χ0v) is 14.9. The summed E-state index contributed by atoms with van der Waals surface area (Å²) in [5.74, 6) is -0.411. The number of rotatable bonds is 6. The predicted molar refractivity (Wildman–Crippen MR) is 90.4 cm³/mol. The Balaban J connectivity index is 1.99. The van der Waals surface area contributed by atoms with Crippen LogP contribution >= 0.6 is 15.9 Å². The second-order valence-electron chi connectivity index (χ2n) is 5.53. The van der Waals surface area contributed by atoms with Crippen molar-refractivity contribution in [2.75, 3.05) is 7.05 Å². The molecule has 2 unspecified atom stereocenters. The number of carbonyl (C=O) groups is 1. The number of carbonyl (C=O) groups excluding carboxylic acids is 1. The highest BCUT2D eigenvalue weighted by Gasteiger charge is 2.21. The van der Waals surface area contributed by atoms with Gasteiger partial charge in [0.15, 0.2) is 0 Å². The van der Waals surface area contributed by atoms with E-state index >= 15 is 0 Å². The number of hydrogen-bond donors (Lipinski definition) is 2. The number of nitrogens with one attached hydrogen (secondary N) is 2. The van der Waals surface area contributed by atoms with Crippen molar-refractivity contribution in [3.8, 4) is 0 Å². The van der Waals surface area contributed by atoms with Crippen LogP contribution in [0.5, 0.6) is 0 Å². The van der Waals surface area contributed by atoms with E-state index < -0.39 is 6.04 Å². The van der Waals surface area contributed by atoms with Gasteiger partial charge in [0.1, 0.15) is 11.9 Å². The molecule has 0 saturated heterocycles. The summed E-state index contributed by atoms with van der Waals surface area (Å²) in [5.41, 5.74) is 1.76. The summed E-state index contributed by atoms with van der Waals surface area (Å²) in [6.07, 6.45) is 4.10. The summed E-state index contributed by atoms with van der Waals surface area (Å²) >= 11 is 3.17. The van der Waals surface area contributed by atoms with E-state index in [0.29, 0.717) is 10.9 Å². The molecule has 5 nitrogen and oxygen atoms in total. The lowest BCUT2D eigenvalue weighted by Gasteiger charge is -2.19. The third-order valence-electron chi connectivity index (χ3n) is 3.52. The molecule has 0 fully saturated rings. The van der Waals surface area contributed by atoms with Crippen molar-refractivity contribution in [1.29, 1.82) is 0 Å². The number of aryl methyl sites for hydroxylation is 1. The second kappa shape index (κ2) is 7.70. The Morgan fingerprint density at radius 2 is 2.22 bits per heavy atom. The number of aromatic nitrogens is 2. The summed E-state index contributed by atoms with van der Waals surface area (Å²) < 4.78 is 15.3. The van der Waals surface area contributed by atoms with Crippen molar-refractivity contribution in [1.82, 2.24) is 20.4 Å². The second-order valence-corrected chi connectivity index (χ2v) is 6.39. The van der Waals surface area contributed by atoms with Crippen molar-refractivity contribution >= 4 is 21.8 Å². The standard InChI is InChI=1S/C16H20BrFN4O/c1-10(6-11-4-5-14(18)13(17)7-11)21-16(23)15(19-2)12-8-20-22(3)9-12/h4-5,7-10,15,19H,6H2,1-3H3,(H,21,23). The molecule has 2 atom stereocenters. The molecule has 2 rings (SSSR count). The third kappa shape index (κ3) is 4.62. The third-order valence-corrected chi connectivity index (χ3v) is 4.13. The Morgan fingerprint density at radius 1 is 1.48 bits per heavy atom. The molecule has 23 heavy (non-hydrogen) atoms. The average Bonchev–Trinajstić information content (AvgIpc) is 2.90. The zero-order valence-electron chi connectivity index (χ0n) is 13.3. The maximum atomic E-state index is 13.3. The minimum atomic E-state index is -0.453. The van der Waals surface area contributed by atoms with Crippen LogP contribution < -0.4 is 10.6 Å². The highest BCUT2D eigenvalue weighted by Crippen LogP contribution is 2.18. The molecule has 0 bridgehead atoms. The SMILES string of the molecule is CNC(C(=O)NC(C)Cc1ccc(F)c(Br)c1)c1cnn(C)c1. The number of benzene rings is 1. The number of likely N-dealkylation sites (N-methyl/N-ethyl adjacent to an activating group) is 1. The molecule has 0 spiro atoms. The molecule has 0 saturated carbocycles. The van der Waals surface area contributed by atoms with Crippen LogP contribution in [-0.2, 0) is 18.3 Å². The van der Waals surface area contributed by atoms with Crippen molar-refractivity contribution in [3.05, 3.63) is 52.0 Å². The van der Waals surface area contributed by atoms with E-state index in [1.807, 2.05) is 20.2 Å². The normalized spacial score (nSPS) is 13.6. The Labute approximate surface area is 143 Å². The molecule has 2 aromatic rings. The first kappa shape index (κ1) is 17.6. The van der Waals surface area contributed by atoms with Crippen LogP contribution in [0.3, 0.4) is 0 Å². The van der Waals surface area contributed by atoms with E-state index in [1.165, 1.54) is 6.07 Å². The Bertz CT molecular complexity index is 688. The van der Waals surface area contributed by atoms with Crippen LogP contribution in [0.4, 0.5) is 4.39 Å². The summed E-state index contributed by atoms with van der Waals surface area (Å²) in [6.45, 7) is 1.92. The molecule has 0 aliphatic carbocycles. The Kier molecular flexibility index (Phi) is 5.90. The minimum absolute atomic E-state index is 0.0765. The highest BCUT2D eigenvalue weighted by molar-refractivity contribution is 9.10. The smallest absolute Gasteiger partial charge is 0.242 e. The van der Waals surface area contributed by atoms with E-state index in [9.17, 15) is 9.18 Å². The van der Waals surface area contributed by atoms with Crippen LogP contribution in [0.25, 0.3) is 0 Å². The van der Waals surface area contributed by atoms with Gasteiger partial charge in [-0.05, 0) is 54.0 Å². The van der Waals surface area contributed by atoms with E-state index in [1.54, 1.807) is 30.1 Å². The van der Waals surface area contributed by atoms with E-state index in [0.717, 1.165) is 11.1 Å². The molecule has 2 N–H and O–H groups in total. The van der Waals surface area contributed by atoms with Gasteiger partial charge in [-0.25, -0.2) is 4.39 Å². The van der Waals surface area contributed by atoms with Gasteiger partial charge in [0.2, 0.25) is 5.91 Å². The zero-order chi connectivity index (χ0) is 17.0. The van der Waals surface area contributed by atoms with Crippen LogP contribution in [0.2, 0.25) is 0 Å². The fourth-order valence-electron chi connectivity index (χ4n) is 2.44. The van der Waals surface area contributed by atoms with Crippen molar-refractivity contribution in [2.24, 2.45) is 7.05 Å². The Morgan fingerprint density at radius 3 is 2.78 bits per heavy atom. The van der Waals surface area contributed by atoms with Gasteiger partial charge in [0.05, 0.1) is 10.7 Å². The molecule has 1 amide bonds. The van der Waals surface area contributed by atoms with E-state index in [-0.39, 0.29) is 17.8 Å². The minimum Gasteiger partial charge on any atom is -0.352 e. The summed E-state index contributed by atoms with van der Waals surface area (Å²) in [6, 6.07) is 4.34. The van der Waals surface area contributed by atoms with Crippen molar-refractivity contribution in [2.45, 2.75) is 25.4 Å². The van der Waals surface area contributed by atoms with E-state index in [4.69, 9.17) is 0 Å². The molecule has 124 valence electrons. The predicted octanol–water partition coefficient (Wildman–Crippen LogP) is 2.33. The average molecular weight is 383 g/mol. The van der Waals surface area contributed by atoms with Gasteiger partial charge >= 0.3 is 0 Å². The topological polar surface area (TPSA) is 59.0 Å². The maximum Gasteiger partial charge on any atom is 0.242 e. The summed E-state index contributed by atoms with van der Waals surface area (Å²) in [5, 5.41) is 10.1. The van der Waals surface area contributed by atoms with Gasteiger partial charge in [-0.15, -0.1) is 0 Å². The first-order chi connectivity index (χ1) is 10.9. The van der Waals surface area contributed by atoms with Crippen LogP contribution in [-0.4, -0.2) is 28.8 Å². The van der Waals surface area contributed by atoms with Crippen molar-refractivity contribution in [3.63, 3.8) is 0 Å². The highest BCUT2D eigenvalue weighted by atomic mass is 79.9. The molecular formula is C16H20BrFN4O. The molecule has 1 aromatic carbocycles.